The standard InChI is InChI=1S/C7H8N4/c1-6(11-8-2)7-5-9-3-4-10-7/h3-5H,2H2,1H3/b11-6+. The van der Waals surface area contributed by atoms with Crippen LogP contribution in [0.4, 0.5) is 0 Å². The third-order valence-corrected chi connectivity index (χ3v) is 1.15. The number of nitrogens with zero attached hydrogens (tertiary/aromatic N) is 4. The fraction of sp³-hybridized carbons (Fsp3) is 0.143. The van der Waals surface area contributed by atoms with Gasteiger partial charge in [-0.3, -0.25) is 9.97 Å². The van der Waals surface area contributed by atoms with Gasteiger partial charge in [0.2, 0.25) is 0 Å². The van der Waals surface area contributed by atoms with Gasteiger partial charge in [-0.2, -0.15) is 10.2 Å². The lowest BCUT2D eigenvalue weighted by Crippen LogP contribution is -1.97. The van der Waals surface area contributed by atoms with Crippen molar-refractivity contribution in [2.45, 2.75) is 6.92 Å². The van der Waals surface area contributed by atoms with Crippen molar-refractivity contribution >= 4 is 12.4 Å². The molecule has 4 heteroatoms. The minimum atomic E-state index is 0.716. The Kier molecular flexibility index (Phi) is 2.43. The minimum Gasteiger partial charge on any atom is -0.261 e. The second-order valence-electron chi connectivity index (χ2n) is 1.92. The van der Waals surface area contributed by atoms with Crippen LogP contribution in [0.15, 0.2) is 28.8 Å². The maximum atomic E-state index is 4.02. The first-order chi connectivity index (χ1) is 5.34. The third-order valence-electron chi connectivity index (χ3n) is 1.15. The zero-order valence-corrected chi connectivity index (χ0v) is 6.23. The Morgan fingerprint density at radius 2 is 2.36 bits per heavy atom. The molecule has 0 spiro atoms. The van der Waals surface area contributed by atoms with Gasteiger partial charge in [-0.05, 0) is 6.92 Å². The van der Waals surface area contributed by atoms with Gasteiger partial charge in [-0.25, -0.2) is 0 Å². The highest BCUT2D eigenvalue weighted by Crippen LogP contribution is 1.93. The van der Waals surface area contributed by atoms with E-state index < -0.39 is 0 Å². The molecule has 0 N–H and O–H groups in total. The average molecular weight is 148 g/mol. The van der Waals surface area contributed by atoms with Gasteiger partial charge in [0.1, 0.15) is 5.69 Å². The van der Waals surface area contributed by atoms with Crippen LogP contribution in [0.5, 0.6) is 0 Å². The predicted octanol–water partition coefficient (Wildman–Crippen LogP) is 0.901. The molecule has 1 heterocycles. The molecule has 0 amide bonds. The van der Waals surface area contributed by atoms with Crippen LogP contribution in [0.2, 0.25) is 0 Å². The van der Waals surface area contributed by atoms with Crippen LogP contribution in [-0.2, 0) is 0 Å². The molecule has 0 radical (unpaired) electrons. The smallest absolute Gasteiger partial charge is 0.104 e. The third kappa shape index (κ3) is 1.93. The van der Waals surface area contributed by atoms with Crippen molar-refractivity contribution in [2.75, 3.05) is 0 Å². The van der Waals surface area contributed by atoms with Crippen molar-refractivity contribution < 1.29 is 0 Å². The Labute approximate surface area is 64.7 Å². The summed E-state index contributed by atoms with van der Waals surface area (Å²) in [5.74, 6) is 0. The molecule has 1 aromatic heterocycles. The maximum Gasteiger partial charge on any atom is 0.104 e. The highest BCUT2D eigenvalue weighted by Gasteiger charge is 1.95. The van der Waals surface area contributed by atoms with Gasteiger partial charge in [0.15, 0.2) is 0 Å². The zero-order valence-electron chi connectivity index (χ0n) is 6.23. The summed E-state index contributed by atoms with van der Waals surface area (Å²) in [6.45, 7) is 5.04. The number of rotatable bonds is 2. The monoisotopic (exact) mass is 148 g/mol. The van der Waals surface area contributed by atoms with E-state index >= 15 is 0 Å². The Morgan fingerprint density at radius 1 is 1.55 bits per heavy atom. The van der Waals surface area contributed by atoms with E-state index in [0.717, 1.165) is 5.69 Å². The molecule has 0 atom stereocenters. The molecule has 0 saturated heterocycles. The molecular weight excluding hydrogens is 140 g/mol. The fourth-order valence-electron chi connectivity index (χ4n) is 0.643. The molecule has 11 heavy (non-hydrogen) atoms. The second-order valence-corrected chi connectivity index (χ2v) is 1.92. The molecule has 1 rings (SSSR count). The van der Waals surface area contributed by atoms with Crippen molar-refractivity contribution in [2.24, 2.45) is 10.2 Å². The highest BCUT2D eigenvalue weighted by atomic mass is 15.2. The van der Waals surface area contributed by atoms with Crippen LogP contribution >= 0.6 is 0 Å². The first-order valence-corrected chi connectivity index (χ1v) is 3.11. The molecule has 0 aliphatic rings. The summed E-state index contributed by atoms with van der Waals surface area (Å²) >= 11 is 0. The Bertz CT molecular complexity index is 265. The Morgan fingerprint density at radius 3 is 2.91 bits per heavy atom. The van der Waals surface area contributed by atoms with E-state index in [1.165, 1.54) is 0 Å². The molecule has 0 aromatic carbocycles. The van der Waals surface area contributed by atoms with E-state index in [1.54, 1.807) is 25.5 Å². The summed E-state index contributed by atoms with van der Waals surface area (Å²) in [5, 5.41) is 7.11. The molecule has 0 bridgehead atoms. The van der Waals surface area contributed by atoms with Gasteiger partial charge < -0.3 is 0 Å². The molecule has 0 aliphatic heterocycles. The molecule has 0 fully saturated rings. The lowest BCUT2D eigenvalue weighted by molar-refractivity contribution is 1.15. The summed E-state index contributed by atoms with van der Waals surface area (Å²) in [5.41, 5.74) is 1.44. The summed E-state index contributed by atoms with van der Waals surface area (Å²) in [6.07, 6.45) is 4.85. The number of aromatic nitrogens is 2. The van der Waals surface area contributed by atoms with E-state index in [2.05, 4.69) is 26.9 Å². The Hall–Kier alpha value is -1.58. The lowest BCUT2D eigenvalue weighted by Gasteiger charge is -1.93. The van der Waals surface area contributed by atoms with Gasteiger partial charge >= 0.3 is 0 Å². The van der Waals surface area contributed by atoms with E-state index in [-0.39, 0.29) is 0 Å². The van der Waals surface area contributed by atoms with Gasteiger partial charge in [-0.15, -0.1) is 0 Å². The molecule has 0 saturated carbocycles. The van der Waals surface area contributed by atoms with Gasteiger partial charge in [0, 0.05) is 19.1 Å². The maximum absolute atomic E-state index is 4.02. The summed E-state index contributed by atoms with van der Waals surface area (Å²) in [4.78, 5) is 7.90. The zero-order chi connectivity index (χ0) is 8.10. The fourth-order valence-corrected chi connectivity index (χ4v) is 0.643. The molecule has 56 valence electrons. The number of hydrogen-bond acceptors (Lipinski definition) is 4. The van der Waals surface area contributed by atoms with Crippen molar-refractivity contribution in [3.8, 4) is 0 Å². The topological polar surface area (TPSA) is 50.5 Å². The van der Waals surface area contributed by atoms with Crippen LogP contribution in [0.1, 0.15) is 12.6 Å². The van der Waals surface area contributed by atoms with E-state index in [4.69, 9.17) is 0 Å². The summed E-state index contributed by atoms with van der Waals surface area (Å²) in [7, 11) is 0. The molecule has 4 nitrogen and oxygen atoms in total. The average Bonchev–Trinajstić information content (AvgIpc) is 2.07. The quantitative estimate of drug-likeness (QED) is 0.462. The first-order valence-electron chi connectivity index (χ1n) is 3.11. The van der Waals surface area contributed by atoms with Crippen LogP contribution < -0.4 is 0 Å². The Balaban J connectivity index is 2.94. The predicted molar refractivity (Wildman–Crippen MR) is 43.8 cm³/mol. The first kappa shape index (κ1) is 7.53. The van der Waals surface area contributed by atoms with E-state index in [1.807, 2.05) is 0 Å². The number of hydrogen-bond donors (Lipinski definition) is 0. The lowest BCUT2D eigenvalue weighted by atomic mass is 10.3. The van der Waals surface area contributed by atoms with Gasteiger partial charge in [0.25, 0.3) is 0 Å². The SMILES string of the molecule is C=N/N=C(\C)c1cnccn1. The van der Waals surface area contributed by atoms with Crippen LogP contribution in [0.25, 0.3) is 0 Å². The second kappa shape index (κ2) is 3.55. The van der Waals surface area contributed by atoms with Crippen LogP contribution in [0, 0.1) is 0 Å². The normalized spacial score (nSPS) is 11.2. The van der Waals surface area contributed by atoms with Crippen molar-refractivity contribution in [3.05, 3.63) is 24.3 Å². The van der Waals surface area contributed by atoms with E-state index in [9.17, 15) is 0 Å². The summed E-state index contributed by atoms with van der Waals surface area (Å²) < 4.78 is 0. The van der Waals surface area contributed by atoms with Gasteiger partial charge in [0.05, 0.1) is 11.9 Å². The van der Waals surface area contributed by atoms with Crippen LogP contribution in [0.3, 0.4) is 0 Å². The molecule has 0 aliphatic carbocycles. The van der Waals surface area contributed by atoms with Crippen LogP contribution in [-0.4, -0.2) is 22.4 Å². The molecule has 0 unspecified atom stereocenters. The summed E-state index contributed by atoms with van der Waals surface area (Å²) in [6, 6.07) is 0. The van der Waals surface area contributed by atoms with Crippen molar-refractivity contribution in [1.82, 2.24) is 9.97 Å². The molecular formula is C7H8N4. The van der Waals surface area contributed by atoms with E-state index in [0.29, 0.717) is 5.71 Å². The largest absolute Gasteiger partial charge is 0.261 e. The van der Waals surface area contributed by atoms with Crippen molar-refractivity contribution in [1.29, 1.82) is 0 Å². The van der Waals surface area contributed by atoms with Gasteiger partial charge in [-0.1, -0.05) is 0 Å². The minimum absolute atomic E-state index is 0.716. The van der Waals surface area contributed by atoms with Crippen molar-refractivity contribution in [3.63, 3.8) is 0 Å². The highest BCUT2D eigenvalue weighted by molar-refractivity contribution is 5.96. The molecule has 1 aromatic rings.